The van der Waals surface area contributed by atoms with Crippen molar-refractivity contribution in [2.75, 3.05) is 0 Å². The van der Waals surface area contributed by atoms with Crippen LogP contribution >= 0.6 is 0 Å². The third kappa shape index (κ3) is 1.14. The Bertz CT molecular complexity index is 381. The van der Waals surface area contributed by atoms with Crippen molar-refractivity contribution in [3.63, 3.8) is 0 Å². The molecule has 0 nitrogen and oxygen atoms in total. The maximum Gasteiger partial charge on any atom is 0.0146 e. The van der Waals surface area contributed by atoms with Crippen molar-refractivity contribution in [3.05, 3.63) is 53.6 Å². The van der Waals surface area contributed by atoms with Crippen LogP contribution in [-0.4, -0.2) is 0 Å². The topological polar surface area (TPSA) is 0 Å². The van der Waals surface area contributed by atoms with E-state index in [4.69, 9.17) is 0 Å². The largest absolute Gasteiger partial charge is 0.0949 e. The highest BCUT2D eigenvalue weighted by molar-refractivity contribution is 5.65. The molecule has 0 bridgehead atoms. The van der Waals surface area contributed by atoms with Crippen molar-refractivity contribution in [1.29, 1.82) is 0 Å². The summed E-state index contributed by atoms with van der Waals surface area (Å²) in [6.07, 6.45) is 4.26. The van der Waals surface area contributed by atoms with Crippen molar-refractivity contribution >= 4 is 6.08 Å². The summed E-state index contributed by atoms with van der Waals surface area (Å²) in [6.45, 7) is 8.52. The van der Waals surface area contributed by atoms with Crippen molar-refractivity contribution in [1.82, 2.24) is 0 Å². The van der Waals surface area contributed by atoms with Gasteiger partial charge >= 0.3 is 0 Å². The zero-order chi connectivity index (χ0) is 9.47. The second-order valence-corrected chi connectivity index (χ2v) is 4.07. The number of rotatable bonds is 0. The van der Waals surface area contributed by atoms with Crippen LogP contribution in [0, 0.1) is 0 Å². The lowest BCUT2D eigenvalue weighted by atomic mass is 9.73. The summed E-state index contributed by atoms with van der Waals surface area (Å²) < 4.78 is 0. The van der Waals surface area contributed by atoms with Crippen molar-refractivity contribution in [3.8, 4) is 0 Å². The van der Waals surface area contributed by atoms with Crippen LogP contribution < -0.4 is 0 Å². The minimum Gasteiger partial charge on any atom is -0.0949 e. The Balaban J connectivity index is 2.68. The van der Waals surface area contributed by atoms with Crippen LogP contribution in [0.1, 0.15) is 25.0 Å². The molecule has 0 heterocycles. The van der Waals surface area contributed by atoms with Crippen LogP contribution in [0.4, 0.5) is 0 Å². The molecule has 0 fully saturated rings. The molecule has 66 valence electrons. The number of hydrogen-bond acceptors (Lipinski definition) is 0. The van der Waals surface area contributed by atoms with Crippen LogP contribution in [0.5, 0.6) is 0 Å². The van der Waals surface area contributed by atoms with Gasteiger partial charge in [0.1, 0.15) is 0 Å². The van der Waals surface area contributed by atoms with Gasteiger partial charge in [-0.05, 0) is 16.7 Å². The van der Waals surface area contributed by atoms with E-state index in [-0.39, 0.29) is 5.41 Å². The van der Waals surface area contributed by atoms with Gasteiger partial charge in [0.2, 0.25) is 0 Å². The molecular formula is C13H14. The zero-order valence-corrected chi connectivity index (χ0v) is 8.17. The normalized spacial score (nSPS) is 18.5. The molecule has 0 aliphatic heterocycles. The van der Waals surface area contributed by atoms with Gasteiger partial charge in [0, 0.05) is 5.41 Å². The highest BCUT2D eigenvalue weighted by atomic mass is 14.3. The Morgan fingerprint density at radius 3 is 2.54 bits per heavy atom. The molecule has 0 N–H and O–H groups in total. The predicted molar refractivity (Wildman–Crippen MR) is 57.6 cm³/mol. The fraction of sp³-hybridized carbons (Fsp3) is 0.231. The summed E-state index contributed by atoms with van der Waals surface area (Å²) in [7, 11) is 0. The van der Waals surface area contributed by atoms with Crippen molar-refractivity contribution in [2.24, 2.45) is 0 Å². The molecule has 1 aliphatic rings. The molecule has 13 heavy (non-hydrogen) atoms. The molecule has 2 rings (SSSR count). The van der Waals surface area contributed by atoms with Gasteiger partial charge in [-0.1, -0.05) is 56.8 Å². The summed E-state index contributed by atoms with van der Waals surface area (Å²) in [5.74, 6) is 0. The first-order valence-electron chi connectivity index (χ1n) is 4.59. The Hall–Kier alpha value is -1.30. The summed E-state index contributed by atoms with van der Waals surface area (Å²) in [5, 5.41) is 0. The van der Waals surface area contributed by atoms with E-state index >= 15 is 0 Å². The van der Waals surface area contributed by atoms with Gasteiger partial charge < -0.3 is 0 Å². The van der Waals surface area contributed by atoms with Crippen LogP contribution in [0.2, 0.25) is 0 Å². The summed E-state index contributed by atoms with van der Waals surface area (Å²) in [4.78, 5) is 0. The Morgan fingerprint density at radius 2 is 1.77 bits per heavy atom. The predicted octanol–water partition coefficient (Wildman–Crippen LogP) is 3.55. The van der Waals surface area contributed by atoms with E-state index in [9.17, 15) is 0 Å². The lowest BCUT2D eigenvalue weighted by Gasteiger charge is -2.31. The maximum atomic E-state index is 4.08. The van der Waals surface area contributed by atoms with Gasteiger partial charge in [-0.3, -0.25) is 0 Å². The lowest BCUT2D eigenvalue weighted by Crippen LogP contribution is -2.22. The molecular weight excluding hydrogens is 156 g/mol. The average molecular weight is 170 g/mol. The summed E-state index contributed by atoms with van der Waals surface area (Å²) in [5.41, 5.74) is 3.97. The molecule has 0 saturated heterocycles. The first-order valence-corrected chi connectivity index (χ1v) is 4.59. The number of hydrogen-bond donors (Lipinski definition) is 0. The smallest absolute Gasteiger partial charge is 0.0146 e. The van der Waals surface area contributed by atoms with E-state index in [2.05, 4.69) is 56.8 Å². The molecule has 1 aromatic rings. The van der Waals surface area contributed by atoms with E-state index in [1.807, 2.05) is 0 Å². The van der Waals surface area contributed by atoms with Gasteiger partial charge in [0.05, 0.1) is 0 Å². The van der Waals surface area contributed by atoms with Crippen LogP contribution in [0.3, 0.4) is 0 Å². The minimum absolute atomic E-state index is 0.0886. The second kappa shape index (κ2) is 2.59. The SMILES string of the molecule is C=C1C=Cc2ccccc2C1(C)C. The molecule has 0 radical (unpaired) electrons. The van der Waals surface area contributed by atoms with Gasteiger partial charge in [-0.15, -0.1) is 0 Å². The molecule has 1 aliphatic carbocycles. The average Bonchev–Trinajstić information content (AvgIpc) is 2.13. The van der Waals surface area contributed by atoms with Crippen molar-refractivity contribution < 1.29 is 0 Å². The summed E-state index contributed by atoms with van der Waals surface area (Å²) in [6, 6.07) is 8.50. The number of benzene rings is 1. The number of fused-ring (bicyclic) bond motifs is 1. The standard InChI is InChI=1S/C13H14/c1-10-8-9-11-6-4-5-7-12(11)13(10,2)3/h4-9H,1H2,2-3H3. The minimum atomic E-state index is 0.0886. The fourth-order valence-electron chi connectivity index (χ4n) is 1.78. The van der Waals surface area contributed by atoms with E-state index in [1.165, 1.54) is 16.7 Å². The monoisotopic (exact) mass is 170 g/mol. The van der Waals surface area contributed by atoms with Gasteiger partial charge in [0.15, 0.2) is 0 Å². The molecule has 0 atom stereocenters. The molecule has 0 aromatic heterocycles. The third-order valence-corrected chi connectivity index (χ3v) is 2.90. The molecule has 0 saturated carbocycles. The van der Waals surface area contributed by atoms with Crippen molar-refractivity contribution in [2.45, 2.75) is 19.3 Å². The molecule has 1 aromatic carbocycles. The number of allylic oxidation sites excluding steroid dienone is 2. The second-order valence-electron chi connectivity index (χ2n) is 4.07. The van der Waals surface area contributed by atoms with E-state index in [0.29, 0.717) is 0 Å². The first-order chi connectivity index (χ1) is 6.12. The van der Waals surface area contributed by atoms with Gasteiger partial charge in [-0.25, -0.2) is 0 Å². The van der Waals surface area contributed by atoms with Crippen LogP contribution in [0.15, 0.2) is 42.5 Å². The lowest BCUT2D eigenvalue weighted by molar-refractivity contribution is 0.636. The third-order valence-electron chi connectivity index (χ3n) is 2.90. The summed E-state index contributed by atoms with van der Waals surface area (Å²) >= 11 is 0. The van der Waals surface area contributed by atoms with Crippen LogP contribution in [0.25, 0.3) is 6.08 Å². The fourth-order valence-corrected chi connectivity index (χ4v) is 1.78. The maximum absolute atomic E-state index is 4.08. The molecule has 0 amide bonds. The zero-order valence-electron chi connectivity index (χ0n) is 8.17. The highest BCUT2D eigenvalue weighted by Gasteiger charge is 2.26. The van der Waals surface area contributed by atoms with Gasteiger partial charge in [-0.2, -0.15) is 0 Å². The Labute approximate surface area is 79.6 Å². The van der Waals surface area contributed by atoms with E-state index < -0.39 is 0 Å². The van der Waals surface area contributed by atoms with Gasteiger partial charge in [0.25, 0.3) is 0 Å². The molecule has 0 heteroatoms. The quantitative estimate of drug-likeness (QED) is 0.558. The first kappa shape index (κ1) is 8.31. The Kier molecular flexibility index (Phi) is 1.66. The van der Waals surface area contributed by atoms with E-state index in [0.717, 1.165) is 0 Å². The molecule has 0 unspecified atom stereocenters. The highest BCUT2D eigenvalue weighted by Crippen LogP contribution is 2.37. The Morgan fingerprint density at radius 1 is 1.08 bits per heavy atom. The van der Waals surface area contributed by atoms with Crippen LogP contribution in [-0.2, 0) is 5.41 Å². The molecule has 0 spiro atoms. The van der Waals surface area contributed by atoms with E-state index in [1.54, 1.807) is 0 Å².